The van der Waals surface area contributed by atoms with Gasteiger partial charge in [0.2, 0.25) is 0 Å². The highest BCUT2D eigenvalue weighted by Gasteiger charge is 2.12. The van der Waals surface area contributed by atoms with Crippen LogP contribution in [-0.2, 0) is 6.54 Å². The van der Waals surface area contributed by atoms with E-state index in [0.29, 0.717) is 0 Å². The van der Waals surface area contributed by atoms with Crippen molar-refractivity contribution in [2.75, 3.05) is 0 Å². The Bertz CT molecular complexity index is 346. The zero-order valence-electron chi connectivity index (χ0n) is 9.31. The molecule has 1 aromatic rings. The van der Waals surface area contributed by atoms with Crippen LogP contribution < -0.4 is 5.32 Å². The van der Waals surface area contributed by atoms with Gasteiger partial charge in [-0.3, -0.25) is 0 Å². The van der Waals surface area contributed by atoms with Gasteiger partial charge in [0, 0.05) is 21.5 Å². The Morgan fingerprint density at radius 3 is 2.62 bits per heavy atom. The van der Waals surface area contributed by atoms with E-state index in [9.17, 15) is 0 Å². The van der Waals surface area contributed by atoms with Crippen LogP contribution in [0.4, 0.5) is 0 Å². The second-order valence-corrected chi connectivity index (χ2v) is 6.22. The second kappa shape index (κ2) is 6.18. The molecule has 1 aromatic carbocycles. The zero-order valence-corrected chi connectivity index (χ0v) is 12.5. The Kier molecular flexibility index (Phi) is 4.86. The standard InChI is InChI=1S/C13H17Br2N/c14-11-6-7-13(15)10(8-11)9-16-12-4-2-1-3-5-12/h6-8,12,16H,1-5,9H2. The molecule has 0 radical (unpaired) electrons. The quantitative estimate of drug-likeness (QED) is 0.841. The Hall–Kier alpha value is 0.140. The molecule has 0 spiro atoms. The molecular formula is C13H17Br2N. The molecule has 88 valence electrons. The molecule has 3 heteroatoms. The highest BCUT2D eigenvalue weighted by Crippen LogP contribution is 2.23. The molecule has 2 rings (SSSR count). The molecule has 0 amide bonds. The number of nitrogens with one attached hydrogen (secondary N) is 1. The van der Waals surface area contributed by atoms with Crippen molar-refractivity contribution in [2.24, 2.45) is 0 Å². The zero-order chi connectivity index (χ0) is 11.4. The molecule has 0 unspecified atom stereocenters. The number of hydrogen-bond acceptors (Lipinski definition) is 1. The summed E-state index contributed by atoms with van der Waals surface area (Å²) in [5.41, 5.74) is 1.33. The van der Waals surface area contributed by atoms with Gasteiger partial charge in [-0.25, -0.2) is 0 Å². The number of hydrogen-bond donors (Lipinski definition) is 1. The minimum Gasteiger partial charge on any atom is -0.310 e. The van der Waals surface area contributed by atoms with Crippen molar-refractivity contribution in [1.82, 2.24) is 5.32 Å². The lowest BCUT2D eigenvalue weighted by atomic mass is 9.95. The van der Waals surface area contributed by atoms with Crippen molar-refractivity contribution in [3.63, 3.8) is 0 Å². The van der Waals surface area contributed by atoms with E-state index in [1.807, 2.05) is 0 Å². The number of halogens is 2. The number of benzene rings is 1. The molecule has 0 saturated heterocycles. The van der Waals surface area contributed by atoms with Gasteiger partial charge < -0.3 is 5.32 Å². The second-order valence-electron chi connectivity index (χ2n) is 4.45. The highest BCUT2D eigenvalue weighted by atomic mass is 79.9. The highest BCUT2D eigenvalue weighted by molar-refractivity contribution is 9.11. The average Bonchev–Trinajstić information content (AvgIpc) is 2.32. The topological polar surface area (TPSA) is 12.0 Å². The summed E-state index contributed by atoms with van der Waals surface area (Å²) in [6, 6.07) is 7.07. The normalized spacial score (nSPS) is 17.6. The van der Waals surface area contributed by atoms with Crippen LogP contribution in [0.15, 0.2) is 27.1 Å². The van der Waals surface area contributed by atoms with Crippen molar-refractivity contribution >= 4 is 31.9 Å². The van der Waals surface area contributed by atoms with Gasteiger partial charge in [-0.1, -0.05) is 51.1 Å². The maximum atomic E-state index is 3.66. The van der Waals surface area contributed by atoms with Crippen LogP contribution >= 0.6 is 31.9 Å². The van der Waals surface area contributed by atoms with E-state index in [0.717, 1.165) is 17.1 Å². The summed E-state index contributed by atoms with van der Waals surface area (Å²) in [6.07, 6.45) is 6.87. The van der Waals surface area contributed by atoms with Crippen molar-refractivity contribution in [3.8, 4) is 0 Å². The monoisotopic (exact) mass is 345 g/mol. The van der Waals surface area contributed by atoms with Gasteiger partial charge in [-0.2, -0.15) is 0 Å². The molecule has 16 heavy (non-hydrogen) atoms. The van der Waals surface area contributed by atoms with Crippen LogP contribution in [0.1, 0.15) is 37.7 Å². The van der Waals surface area contributed by atoms with Crippen molar-refractivity contribution in [2.45, 2.75) is 44.7 Å². The van der Waals surface area contributed by atoms with Gasteiger partial charge in [-0.05, 0) is 36.6 Å². The molecule has 0 bridgehead atoms. The average molecular weight is 347 g/mol. The van der Waals surface area contributed by atoms with E-state index in [1.165, 1.54) is 42.1 Å². The molecule has 0 aliphatic heterocycles. The van der Waals surface area contributed by atoms with Gasteiger partial charge in [0.15, 0.2) is 0 Å². The van der Waals surface area contributed by atoms with Crippen molar-refractivity contribution in [3.05, 3.63) is 32.7 Å². The van der Waals surface area contributed by atoms with Crippen LogP contribution in [0.3, 0.4) is 0 Å². The molecule has 1 fully saturated rings. The Labute approximate surface area is 114 Å². The molecule has 1 N–H and O–H groups in total. The predicted octanol–water partition coefficient (Wildman–Crippen LogP) is 4.63. The van der Waals surface area contributed by atoms with Gasteiger partial charge in [0.05, 0.1) is 0 Å². The first kappa shape index (κ1) is 12.6. The first-order valence-electron chi connectivity index (χ1n) is 5.93. The number of rotatable bonds is 3. The van der Waals surface area contributed by atoms with E-state index in [1.54, 1.807) is 0 Å². The van der Waals surface area contributed by atoms with Gasteiger partial charge >= 0.3 is 0 Å². The molecule has 1 nitrogen and oxygen atoms in total. The fourth-order valence-electron chi connectivity index (χ4n) is 2.24. The summed E-state index contributed by atoms with van der Waals surface area (Å²) >= 11 is 7.11. The van der Waals surface area contributed by atoms with Crippen molar-refractivity contribution < 1.29 is 0 Å². The third-order valence-electron chi connectivity index (χ3n) is 3.19. The lowest BCUT2D eigenvalue weighted by molar-refractivity contribution is 0.372. The van der Waals surface area contributed by atoms with E-state index >= 15 is 0 Å². The van der Waals surface area contributed by atoms with Crippen LogP contribution in [0.25, 0.3) is 0 Å². The van der Waals surface area contributed by atoms with Crippen LogP contribution in [0, 0.1) is 0 Å². The predicted molar refractivity (Wildman–Crippen MR) is 75.6 cm³/mol. The van der Waals surface area contributed by atoms with E-state index < -0.39 is 0 Å². The van der Waals surface area contributed by atoms with Gasteiger partial charge in [0.1, 0.15) is 0 Å². The lowest BCUT2D eigenvalue weighted by Crippen LogP contribution is -2.30. The maximum absolute atomic E-state index is 3.66. The summed E-state index contributed by atoms with van der Waals surface area (Å²) < 4.78 is 2.34. The fourth-order valence-corrected chi connectivity index (χ4v) is 3.04. The third kappa shape index (κ3) is 3.57. The molecule has 0 aromatic heterocycles. The van der Waals surface area contributed by atoms with E-state index in [4.69, 9.17) is 0 Å². The maximum Gasteiger partial charge on any atom is 0.0221 e. The summed E-state index contributed by atoms with van der Waals surface area (Å²) in [4.78, 5) is 0. The van der Waals surface area contributed by atoms with Crippen LogP contribution in [0.5, 0.6) is 0 Å². The minimum atomic E-state index is 0.722. The third-order valence-corrected chi connectivity index (χ3v) is 4.46. The molecule has 1 saturated carbocycles. The molecule has 0 heterocycles. The molecule has 1 aliphatic rings. The van der Waals surface area contributed by atoms with E-state index in [-0.39, 0.29) is 0 Å². The Morgan fingerprint density at radius 2 is 1.88 bits per heavy atom. The lowest BCUT2D eigenvalue weighted by Gasteiger charge is -2.23. The smallest absolute Gasteiger partial charge is 0.0221 e. The summed E-state index contributed by atoms with van der Waals surface area (Å²) in [6.45, 7) is 0.963. The summed E-state index contributed by atoms with van der Waals surface area (Å²) in [5.74, 6) is 0. The summed E-state index contributed by atoms with van der Waals surface area (Å²) in [7, 11) is 0. The van der Waals surface area contributed by atoms with E-state index in [2.05, 4.69) is 55.4 Å². The fraction of sp³-hybridized carbons (Fsp3) is 0.538. The molecular weight excluding hydrogens is 330 g/mol. The summed E-state index contributed by atoms with van der Waals surface area (Å²) in [5, 5.41) is 3.66. The van der Waals surface area contributed by atoms with Gasteiger partial charge in [-0.15, -0.1) is 0 Å². The van der Waals surface area contributed by atoms with Crippen LogP contribution in [-0.4, -0.2) is 6.04 Å². The SMILES string of the molecule is Brc1ccc(Br)c(CNC2CCCCC2)c1. The first-order chi connectivity index (χ1) is 7.75. The van der Waals surface area contributed by atoms with Crippen LogP contribution in [0.2, 0.25) is 0 Å². The van der Waals surface area contributed by atoms with Gasteiger partial charge in [0.25, 0.3) is 0 Å². The molecule has 0 atom stereocenters. The molecule has 1 aliphatic carbocycles. The Morgan fingerprint density at radius 1 is 1.12 bits per heavy atom. The minimum absolute atomic E-state index is 0.722. The largest absolute Gasteiger partial charge is 0.310 e. The Balaban J connectivity index is 1.90. The van der Waals surface area contributed by atoms with Crippen molar-refractivity contribution in [1.29, 1.82) is 0 Å². The first-order valence-corrected chi connectivity index (χ1v) is 7.51.